The van der Waals surface area contributed by atoms with E-state index in [1.54, 1.807) is 29.8 Å². The molecule has 2 aromatic heterocycles. The van der Waals surface area contributed by atoms with Gasteiger partial charge in [0.05, 0.1) is 22.7 Å². The summed E-state index contributed by atoms with van der Waals surface area (Å²) in [7, 11) is 1.67. The van der Waals surface area contributed by atoms with Crippen LogP contribution >= 0.6 is 22.7 Å². The van der Waals surface area contributed by atoms with E-state index in [2.05, 4.69) is 21.7 Å². The molecule has 4 nitrogen and oxygen atoms in total. The van der Waals surface area contributed by atoms with Crippen molar-refractivity contribution in [1.82, 2.24) is 10.3 Å². The molecule has 3 aromatic rings. The van der Waals surface area contributed by atoms with Crippen molar-refractivity contribution in [1.29, 1.82) is 0 Å². The molecule has 6 heteroatoms. The number of nitrogens with zero attached hydrogens (tertiary/aromatic N) is 1. The number of benzene rings is 1. The first-order valence-electron chi connectivity index (χ1n) is 8.56. The molecule has 0 bridgehead atoms. The van der Waals surface area contributed by atoms with Crippen molar-refractivity contribution in [2.75, 3.05) is 13.7 Å². The molecule has 0 unspecified atom stereocenters. The molecule has 0 atom stereocenters. The number of methoxy groups -OCH3 is 1. The lowest BCUT2D eigenvalue weighted by molar-refractivity contribution is -0.121. The molecule has 0 aliphatic heterocycles. The van der Waals surface area contributed by atoms with Gasteiger partial charge in [0.1, 0.15) is 5.75 Å². The van der Waals surface area contributed by atoms with Gasteiger partial charge in [-0.05, 0) is 42.8 Å². The number of carbonyl (C=O) groups excluding carboxylic acids is 1. The minimum atomic E-state index is 0.0723. The Kier molecular flexibility index (Phi) is 6.41. The normalized spacial score (nSPS) is 10.7. The van der Waals surface area contributed by atoms with Crippen LogP contribution in [0.3, 0.4) is 0 Å². The summed E-state index contributed by atoms with van der Waals surface area (Å²) in [6.45, 7) is 2.62. The molecule has 136 valence electrons. The minimum Gasteiger partial charge on any atom is -0.496 e. The summed E-state index contributed by atoms with van der Waals surface area (Å²) in [5.74, 6) is 0.936. The van der Waals surface area contributed by atoms with E-state index in [0.29, 0.717) is 13.0 Å². The molecule has 3 rings (SSSR count). The maximum absolute atomic E-state index is 12.2. The third-order valence-corrected chi connectivity index (χ3v) is 5.95. The van der Waals surface area contributed by atoms with Crippen molar-refractivity contribution < 1.29 is 9.53 Å². The third-order valence-electron chi connectivity index (χ3n) is 4.05. The van der Waals surface area contributed by atoms with Crippen molar-refractivity contribution in [3.05, 3.63) is 57.2 Å². The zero-order valence-corrected chi connectivity index (χ0v) is 16.6. The number of nitrogens with one attached hydrogen (secondary N) is 1. The van der Waals surface area contributed by atoms with Gasteiger partial charge in [-0.2, -0.15) is 0 Å². The first kappa shape index (κ1) is 18.6. The van der Waals surface area contributed by atoms with Crippen molar-refractivity contribution in [2.45, 2.75) is 26.2 Å². The van der Waals surface area contributed by atoms with Gasteiger partial charge in [-0.1, -0.05) is 24.3 Å². The Balaban J connectivity index is 1.51. The number of para-hydroxylation sites is 1. The molecule has 26 heavy (non-hydrogen) atoms. The maximum atomic E-state index is 12.2. The van der Waals surface area contributed by atoms with Crippen molar-refractivity contribution in [2.24, 2.45) is 0 Å². The quantitative estimate of drug-likeness (QED) is 0.621. The number of hydrogen-bond acceptors (Lipinski definition) is 5. The van der Waals surface area contributed by atoms with E-state index in [0.717, 1.165) is 34.9 Å². The number of carbonyl (C=O) groups is 1. The van der Waals surface area contributed by atoms with Crippen LogP contribution in [0.15, 0.2) is 41.8 Å². The minimum absolute atomic E-state index is 0.0723. The van der Waals surface area contributed by atoms with E-state index < -0.39 is 0 Å². The van der Waals surface area contributed by atoms with E-state index in [4.69, 9.17) is 4.74 Å². The number of hydrogen-bond donors (Lipinski definition) is 1. The fourth-order valence-corrected chi connectivity index (χ4v) is 4.56. The molecule has 0 fully saturated rings. The molecular formula is C20H22N2O2S2. The fraction of sp³-hybridized carbons (Fsp3) is 0.300. The lowest BCUT2D eigenvalue weighted by Gasteiger charge is -2.09. The van der Waals surface area contributed by atoms with Gasteiger partial charge in [0.2, 0.25) is 5.91 Å². The summed E-state index contributed by atoms with van der Waals surface area (Å²) in [6.07, 6.45) is 1.96. The summed E-state index contributed by atoms with van der Waals surface area (Å²) in [5, 5.41) is 6.10. The molecule has 0 saturated carbocycles. The molecule has 1 aromatic carbocycles. The van der Waals surface area contributed by atoms with Gasteiger partial charge in [-0.25, -0.2) is 4.98 Å². The predicted molar refractivity (Wildman–Crippen MR) is 108 cm³/mol. The third kappa shape index (κ3) is 4.71. The number of aromatic nitrogens is 1. The lowest BCUT2D eigenvalue weighted by Crippen LogP contribution is -2.25. The van der Waals surface area contributed by atoms with Gasteiger partial charge in [-0.3, -0.25) is 4.79 Å². The van der Waals surface area contributed by atoms with E-state index in [1.165, 1.54) is 9.75 Å². The molecule has 0 saturated heterocycles. The van der Waals surface area contributed by atoms with Gasteiger partial charge in [-0.15, -0.1) is 22.7 Å². The van der Waals surface area contributed by atoms with Crippen molar-refractivity contribution in [3.8, 4) is 16.3 Å². The van der Waals surface area contributed by atoms with E-state index >= 15 is 0 Å². The average Bonchev–Trinajstić information content (AvgIpc) is 3.29. The highest BCUT2D eigenvalue weighted by atomic mass is 32.1. The van der Waals surface area contributed by atoms with Crippen LogP contribution in [0.25, 0.3) is 10.6 Å². The Labute approximate surface area is 161 Å². The van der Waals surface area contributed by atoms with Crippen LogP contribution in [-0.4, -0.2) is 24.5 Å². The van der Waals surface area contributed by atoms with Gasteiger partial charge in [0.25, 0.3) is 0 Å². The number of amides is 1. The van der Waals surface area contributed by atoms with Gasteiger partial charge < -0.3 is 10.1 Å². The predicted octanol–water partition coefficient (Wildman–Crippen LogP) is 4.48. The Morgan fingerprint density at radius 1 is 1.19 bits per heavy atom. The van der Waals surface area contributed by atoms with Crippen LogP contribution in [0.2, 0.25) is 0 Å². The first-order chi connectivity index (χ1) is 12.7. The molecule has 0 aliphatic rings. The SMILES string of the molecule is COc1ccccc1CCNC(=O)CCc1sc(C)nc1-c1cccs1. The van der Waals surface area contributed by atoms with Crippen LogP contribution in [0, 0.1) is 6.92 Å². The number of thiazole rings is 1. The Morgan fingerprint density at radius 2 is 2.04 bits per heavy atom. The van der Waals surface area contributed by atoms with Crippen molar-refractivity contribution in [3.63, 3.8) is 0 Å². The smallest absolute Gasteiger partial charge is 0.220 e. The molecule has 0 radical (unpaired) electrons. The Bertz CT molecular complexity index is 857. The van der Waals surface area contributed by atoms with Crippen LogP contribution < -0.4 is 10.1 Å². The number of thiophene rings is 1. The van der Waals surface area contributed by atoms with Gasteiger partial charge in [0.15, 0.2) is 0 Å². The number of ether oxygens (including phenoxy) is 1. The fourth-order valence-electron chi connectivity index (χ4n) is 2.81. The second-order valence-electron chi connectivity index (χ2n) is 5.89. The van der Waals surface area contributed by atoms with Gasteiger partial charge in [0, 0.05) is 17.8 Å². The lowest BCUT2D eigenvalue weighted by atomic mass is 10.1. The van der Waals surface area contributed by atoms with Crippen LogP contribution in [0.1, 0.15) is 21.9 Å². The summed E-state index contributed by atoms with van der Waals surface area (Å²) in [4.78, 5) is 19.2. The highest BCUT2D eigenvalue weighted by Crippen LogP contribution is 2.32. The monoisotopic (exact) mass is 386 g/mol. The first-order valence-corrected chi connectivity index (χ1v) is 10.3. The van der Waals surface area contributed by atoms with Crippen LogP contribution in [-0.2, 0) is 17.6 Å². The van der Waals surface area contributed by atoms with E-state index in [-0.39, 0.29) is 5.91 Å². The standard InChI is InChI=1S/C20H22N2O2S2/c1-14-22-20(17-8-5-13-25-17)18(26-14)9-10-19(23)21-12-11-15-6-3-4-7-16(15)24-2/h3-8,13H,9-12H2,1-2H3,(H,21,23). The van der Waals surface area contributed by atoms with Gasteiger partial charge >= 0.3 is 0 Å². The highest BCUT2D eigenvalue weighted by molar-refractivity contribution is 7.15. The van der Waals surface area contributed by atoms with E-state index in [1.807, 2.05) is 37.3 Å². The highest BCUT2D eigenvalue weighted by Gasteiger charge is 2.13. The molecule has 0 spiro atoms. The zero-order valence-electron chi connectivity index (χ0n) is 15.0. The molecule has 1 amide bonds. The number of aryl methyl sites for hydroxylation is 2. The van der Waals surface area contributed by atoms with Crippen molar-refractivity contribution >= 4 is 28.6 Å². The number of rotatable bonds is 8. The summed E-state index contributed by atoms with van der Waals surface area (Å²) in [5.41, 5.74) is 2.14. The molecule has 1 N–H and O–H groups in total. The Morgan fingerprint density at radius 3 is 2.81 bits per heavy atom. The van der Waals surface area contributed by atoms with E-state index in [9.17, 15) is 4.79 Å². The molecular weight excluding hydrogens is 364 g/mol. The second-order valence-corrected chi connectivity index (χ2v) is 8.13. The Hall–Kier alpha value is -2.18. The largest absolute Gasteiger partial charge is 0.496 e. The molecule has 0 aliphatic carbocycles. The molecule has 2 heterocycles. The summed E-state index contributed by atoms with van der Waals surface area (Å²) in [6, 6.07) is 12.0. The van der Waals surface area contributed by atoms with Crippen LogP contribution in [0.5, 0.6) is 5.75 Å². The maximum Gasteiger partial charge on any atom is 0.220 e. The second kappa shape index (κ2) is 8.96. The topological polar surface area (TPSA) is 51.2 Å². The summed E-state index contributed by atoms with van der Waals surface area (Å²) < 4.78 is 5.34. The summed E-state index contributed by atoms with van der Waals surface area (Å²) >= 11 is 3.36. The average molecular weight is 387 g/mol. The van der Waals surface area contributed by atoms with Crippen LogP contribution in [0.4, 0.5) is 0 Å². The zero-order chi connectivity index (χ0) is 18.4.